The number of fused-ring (bicyclic) bond motifs is 1. The summed E-state index contributed by atoms with van der Waals surface area (Å²) in [5, 5.41) is -0.0582. The zero-order chi connectivity index (χ0) is 17.9. The van der Waals surface area contributed by atoms with Crippen molar-refractivity contribution in [2.24, 2.45) is 4.99 Å². The fraction of sp³-hybridized carbons (Fsp3) is 0.158. The zero-order valence-electron chi connectivity index (χ0n) is 13.9. The van der Waals surface area contributed by atoms with Gasteiger partial charge in [0.15, 0.2) is 11.5 Å². The molecule has 26 heavy (non-hydrogen) atoms. The molecule has 132 valence electrons. The van der Waals surface area contributed by atoms with Gasteiger partial charge in [-0.25, -0.2) is 4.99 Å². The van der Waals surface area contributed by atoms with E-state index in [1.165, 1.54) is 17.3 Å². The molecule has 0 aromatic heterocycles. The summed E-state index contributed by atoms with van der Waals surface area (Å²) in [6.07, 6.45) is 1.75. The van der Waals surface area contributed by atoms with Gasteiger partial charge >= 0.3 is 0 Å². The van der Waals surface area contributed by atoms with Gasteiger partial charge in [-0.1, -0.05) is 42.1 Å². The minimum Gasteiger partial charge on any atom is -0.493 e. The number of ether oxygens (including phenoxy) is 3. The van der Waals surface area contributed by atoms with Crippen molar-refractivity contribution in [2.75, 3.05) is 13.9 Å². The van der Waals surface area contributed by atoms with Crippen molar-refractivity contribution >= 4 is 39.1 Å². The molecule has 0 amide bonds. The Kier molecular flexibility index (Phi) is 4.90. The minimum atomic E-state index is -0.0582. The van der Waals surface area contributed by atoms with Crippen molar-refractivity contribution in [1.82, 2.24) is 0 Å². The molecule has 0 fully saturated rings. The number of aliphatic imine (C=N–C) groups is 1. The maximum absolute atomic E-state index is 12.3. The molecule has 0 bridgehead atoms. The highest BCUT2D eigenvalue weighted by Crippen LogP contribution is 2.42. The van der Waals surface area contributed by atoms with Crippen LogP contribution in [0.5, 0.6) is 17.2 Å². The van der Waals surface area contributed by atoms with E-state index in [0.29, 0.717) is 22.9 Å². The van der Waals surface area contributed by atoms with E-state index in [9.17, 15) is 4.79 Å². The van der Waals surface area contributed by atoms with Gasteiger partial charge in [0.2, 0.25) is 17.7 Å². The molecule has 0 saturated heterocycles. The van der Waals surface area contributed by atoms with Crippen LogP contribution >= 0.6 is 23.5 Å². The predicted molar refractivity (Wildman–Crippen MR) is 105 cm³/mol. The highest BCUT2D eigenvalue weighted by molar-refractivity contribution is 8.45. The molecule has 2 aromatic carbocycles. The number of carbonyl (C=O) groups is 1. The Bertz CT molecular complexity index is 909. The zero-order valence-corrected chi connectivity index (χ0v) is 15.6. The first-order chi connectivity index (χ1) is 12.7. The van der Waals surface area contributed by atoms with Crippen molar-refractivity contribution in [1.29, 1.82) is 0 Å². The lowest BCUT2D eigenvalue weighted by Gasteiger charge is -2.05. The van der Waals surface area contributed by atoms with Gasteiger partial charge in [0.25, 0.3) is 0 Å². The largest absolute Gasteiger partial charge is 0.493 e. The van der Waals surface area contributed by atoms with Crippen LogP contribution in [0.15, 0.2) is 53.2 Å². The molecular weight excluding hydrogens is 370 g/mol. The van der Waals surface area contributed by atoms with Crippen molar-refractivity contribution in [2.45, 2.75) is 5.75 Å². The Morgan fingerprint density at radius 3 is 2.92 bits per heavy atom. The summed E-state index contributed by atoms with van der Waals surface area (Å²) in [5.74, 6) is 2.55. The number of benzene rings is 2. The van der Waals surface area contributed by atoms with Crippen LogP contribution in [0, 0.1) is 0 Å². The quantitative estimate of drug-likeness (QED) is 0.731. The summed E-state index contributed by atoms with van der Waals surface area (Å²) in [6.45, 7) is 0.166. The smallest absolute Gasteiger partial charge is 0.244 e. The number of rotatable bonds is 4. The Balaban J connectivity index is 1.53. The second-order valence-electron chi connectivity index (χ2n) is 5.53. The van der Waals surface area contributed by atoms with E-state index in [-0.39, 0.29) is 11.9 Å². The Labute approximate surface area is 159 Å². The van der Waals surface area contributed by atoms with Crippen LogP contribution in [0.1, 0.15) is 11.1 Å². The van der Waals surface area contributed by atoms with Crippen molar-refractivity contribution in [3.8, 4) is 17.2 Å². The van der Waals surface area contributed by atoms with Crippen LogP contribution in [-0.2, 0) is 10.5 Å². The molecule has 0 saturated carbocycles. The lowest BCUT2D eigenvalue weighted by molar-refractivity contribution is -0.107. The molecule has 0 N–H and O–H groups in total. The van der Waals surface area contributed by atoms with Gasteiger partial charge in [0.1, 0.15) is 10.1 Å². The molecule has 2 aliphatic rings. The molecule has 2 aromatic rings. The molecule has 0 aliphatic carbocycles. The molecule has 0 radical (unpaired) electrons. The first-order valence-electron chi connectivity index (χ1n) is 7.90. The second-order valence-corrected chi connectivity index (χ2v) is 7.71. The maximum Gasteiger partial charge on any atom is 0.244 e. The van der Waals surface area contributed by atoms with E-state index in [1.54, 1.807) is 24.9 Å². The van der Waals surface area contributed by atoms with Gasteiger partial charge in [-0.3, -0.25) is 4.79 Å². The summed E-state index contributed by atoms with van der Waals surface area (Å²) in [6, 6.07) is 13.7. The molecular formula is C19H15NO4S2. The molecule has 2 heterocycles. The van der Waals surface area contributed by atoms with E-state index >= 15 is 0 Å². The van der Waals surface area contributed by atoms with Crippen LogP contribution < -0.4 is 14.2 Å². The average Bonchev–Trinajstić information content (AvgIpc) is 3.27. The summed E-state index contributed by atoms with van der Waals surface area (Å²) in [4.78, 5) is 16.7. The van der Waals surface area contributed by atoms with Gasteiger partial charge in [0, 0.05) is 5.75 Å². The second kappa shape index (κ2) is 7.47. The molecule has 2 aliphatic heterocycles. The lowest BCUT2D eigenvalue weighted by atomic mass is 10.1. The SMILES string of the molecule is COc1cc(/C=C2\N=C(SCc3ccccc3)SC2=O)cc2c1OCO2. The molecule has 4 rings (SSSR count). The predicted octanol–water partition coefficient (Wildman–Crippen LogP) is 4.33. The topological polar surface area (TPSA) is 57.1 Å². The Morgan fingerprint density at radius 2 is 2.12 bits per heavy atom. The van der Waals surface area contributed by atoms with Crippen LogP contribution in [-0.4, -0.2) is 23.4 Å². The number of carbonyl (C=O) groups excluding carboxylic acids is 1. The van der Waals surface area contributed by atoms with E-state index in [0.717, 1.165) is 15.7 Å². The van der Waals surface area contributed by atoms with Crippen molar-refractivity contribution < 1.29 is 19.0 Å². The lowest BCUT2D eigenvalue weighted by Crippen LogP contribution is -1.93. The van der Waals surface area contributed by atoms with E-state index in [2.05, 4.69) is 17.1 Å². The standard InChI is InChI=1S/C19H15NO4S2/c1-22-15-8-13(9-16-17(15)24-11-23-16)7-14-18(21)26-19(20-14)25-10-12-5-3-2-4-6-12/h2-9H,10-11H2,1H3/b14-7-. The number of nitrogens with zero attached hydrogens (tertiary/aromatic N) is 1. The Hall–Kier alpha value is -2.38. The monoisotopic (exact) mass is 385 g/mol. The molecule has 0 spiro atoms. The van der Waals surface area contributed by atoms with Gasteiger partial charge in [-0.2, -0.15) is 0 Å². The number of methoxy groups -OCH3 is 1. The molecule has 0 unspecified atom stereocenters. The number of hydrogen-bond donors (Lipinski definition) is 0. The third-order valence-electron chi connectivity index (χ3n) is 3.79. The van der Waals surface area contributed by atoms with E-state index in [1.807, 2.05) is 30.3 Å². The van der Waals surface area contributed by atoms with Crippen LogP contribution in [0.25, 0.3) is 6.08 Å². The first kappa shape index (κ1) is 17.1. The number of thioether (sulfide) groups is 2. The van der Waals surface area contributed by atoms with Gasteiger partial charge in [-0.05, 0) is 41.1 Å². The molecule has 7 heteroatoms. The normalized spacial score (nSPS) is 16.9. The summed E-state index contributed by atoms with van der Waals surface area (Å²) >= 11 is 2.73. The molecule has 0 atom stereocenters. The fourth-order valence-corrected chi connectivity index (χ4v) is 4.36. The summed E-state index contributed by atoms with van der Waals surface area (Å²) in [5.41, 5.74) is 2.41. The van der Waals surface area contributed by atoms with E-state index < -0.39 is 0 Å². The first-order valence-corrected chi connectivity index (χ1v) is 9.70. The average molecular weight is 385 g/mol. The fourth-order valence-electron chi connectivity index (χ4n) is 2.56. The molecule has 5 nitrogen and oxygen atoms in total. The third-order valence-corrected chi connectivity index (χ3v) is 5.87. The van der Waals surface area contributed by atoms with Crippen LogP contribution in [0.3, 0.4) is 0 Å². The highest BCUT2D eigenvalue weighted by Gasteiger charge is 2.24. The summed E-state index contributed by atoms with van der Waals surface area (Å²) < 4.78 is 16.9. The van der Waals surface area contributed by atoms with Gasteiger partial charge in [0.05, 0.1) is 7.11 Å². The van der Waals surface area contributed by atoms with Crippen LogP contribution in [0.2, 0.25) is 0 Å². The Morgan fingerprint density at radius 1 is 1.27 bits per heavy atom. The minimum absolute atomic E-state index is 0.0582. The highest BCUT2D eigenvalue weighted by atomic mass is 32.2. The van der Waals surface area contributed by atoms with Crippen molar-refractivity contribution in [3.05, 3.63) is 59.3 Å². The number of hydrogen-bond acceptors (Lipinski definition) is 7. The third kappa shape index (κ3) is 3.59. The maximum atomic E-state index is 12.3. The van der Waals surface area contributed by atoms with Crippen molar-refractivity contribution in [3.63, 3.8) is 0 Å². The van der Waals surface area contributed by atoms with Gasteiger partial charge < -0.3 is 14.2 Å². The van der Waals surface area contributed by atoms with E-state index in [4.69, 9.17) is 14.2 Å². The van der Waals surface area contributed by atoms with Gasteiger partial charge in [-0.15, -0.1) is 0 Å². The summed E-state index contributed by atoms with van der Waals surface area (Å²) in [7, 11) is 1.57. The van der Waals surface area contributed by atoms with Crippen LogP contribution in [0.4, 0.5) is 0 Å².